The number of nitrogens with one attached hydrogen (secondary N) is 3. The molecule has 0 saturated carbocycles. The molecule has 1 aliphatic rings. The first kappa shape index (κ1) is 32.0. The van der Waals surface area contributed by atoms with E-state index in [1.807, 2.05) is 44.2 Å². The Labute approximate surface area is 226 Å². The average molecular weight is 557 g/mol. The first-order chi connectivity index (χ1) is 17.9. The quantitative estimate of drug-likeness (QED) is 0.132. The number of hydrogen-bond donors (Lipinski definition) is 8. The molecule has 1 aromatic rings. The molecule has 8 atom stereocenters. The van der Waals surface area contributed by atoms with Crippen LogP contribution >= 0.6 is 11.8 Å². The maximum Gasteiger partial charge on any atom is 0.243 e. The summed E-state index contributed by atoms with van der Waals surface area (Å²) in [5.74, 6) is -1.24. The number of rotatable bonds is 13. The number of thioether (sulfide) groups is 1. The van der Waals surface area contributed by atoms with Gasteiger partial charge in [0.15, 0.2) is 0 Å². The van der Waals surface area contributed by atoms with Gasteiger partial charge in [-0.3, -0.25) is 14.4 Å². The summed E-state index contributed by atoms with van der Waals surface area (Å²) in [7, 11) is 0. The fraction of sp³-hybridized carbons (Fsp3) is 0.640. The van der Waals surface area contributed by atoms with Crippen LogP contribution in [0.25, 0.3) is 0 Å². The summed E-state index contributed by atoms with van der Waals surface area (Å²) >= 11 is 1.14. The van der Waals surface area contributed by atoms with Gasteiger partial charge in [0.25, 0.3) is 0 Å². The van der Waals surface area contributed by atoms with Gasteiger partial charge in [-0.1, -0.05) is 44.2 Å². The highest BCUT2D eigenvalue weighted by Crippen LogP contribution is 2.29. The Morgan fingerprint density at radius 3 is 2.24 bits per heavy atom. The second-order valence-electron chi connectivity index (χ2n) is 9.71. The molecular weight excluding hydrogens is 516 g/mol. The SMILES string of the molecule is CC(C)[C@@H](CS[C@H]1O[C@H](CO)[C@@H](O)[C@H](O)[C@@H]1O)NC(=O)[C@H](Cc1ccccc1)NC(=O)CNC(=O)[C@H](C)N. The van der Waals surface area contributed by atoms with Crippen LogP contribution in [0.4, 0.5) is 0 Å². The van der Waals surface area contributed by atoms with E-state index in [2.05, 4.69) is 16.0 Å². The van der Waals surface area contributed by atoms with Crippen molar-refractivity contribution in [2.75, 3.05) is 18.9 Å². The van der Waals surface area contributed by atoms with E-state index in [1.54, 1.807) is 0 Å². The van der Waals surface area contributed by atoms with E-state index in [1.165, 1.54) is 6.92 Å². The number of carbonyl (C=O) groups is 3. The lowest BCUT2D eigenvalue weighted by molar-refractivity contribution is -0.205. The van der Waals surface area contributed by atoms with Gasteiger partial charge in [0.2, 0.25) is 17.7 Å². The van der Waals surface area contributed by atoms with Crippen molar-refractivity contribution in [3.8, 4) is 0 Å². The number of ether oxygens (including phenoxy) is 1. The summed E-state index contributed by atoms with van der Waals surface area (Å²) in [4.78, 5) is 37.6. The van der Waals surface area contributed by atoms with E-state index in [9.17, 15) is 34.8 Å². The van der Waals surface area contributed by atoms with E-state index in [0.717, 1.165) is 17.3 Å². The third-order valence-corrected chi connectivity index (χ3v) is 7.46. The van der Waals surface area contributed by atoms with Gasteiger partial charge in [0.1, 0.15) is 35.9 Å². The Balaban J connectivity index is 2.07. The Kier molecular flexibility index (Phi) is 12.9. The van der Waals surface area contributed by atoms with Crippen LogP contribution in [-0.4, -0.2) is 105 Å². The van der Waals surface area contributed by atoms with Gasteiger partial charge in [-0.05, 0) is 18.4 Å². The largest absolute Gasteiger partial charge is 0.394 e. The van der Waals surface area contributed by atoms with Gasteiger partial charge in [-0.2, -0.15) is 0 Å². The number of nitrogens with two attached hydrogens (primary N) is 1. The average Bonchev–Trinajstić information content (AvgIpc) is 2.89. The van der Waals surface area contributed by atoms with Crippen LogP contribution < -0.4 is 21.7 Å². The van der Waals surface area contributed by atoms with Crippen molar-refractivity contribution >= 4 is 29.5 Å². The topological polar surface area (TPSA) is 203 Å². The number of carbonyl (C=O) groups excluding carboxylic acids is 3. The Hall–Kier alpha value is -2.26. The van der Waals surface area contributed by atoms with E-state index in [-0.39, 0.29) is 24.6 Å². The summed E-state index contributed by atoms with van der Waals surface area (Å²) in [6.45, 7) is 4.42. The minimum Gasteiger partial charge on any atom is -0.394 e. The number of amides is 3. The molecule has 1 heterocycles. The summed E-state index contributed by atoms with van der Waals surface area (Å²) < 4.78 is 5.55. The molecule has 38 heavy (non-hydrogen) atoms. The first-order valence-corrected chi connectivity index (χ1v) is 13.6. The van der Waals surface area contributed by atoms with Crippen LogP contribution in [0, 0.1) is 5.92 Å². The third-order valence-electron chi connectivity index (χ3n) is 6.19. The van der Waals surface area contributed by atoms with Crippen LogP contribution in [0.1, 0.15) is 26.3 Å². The molecule has 0 aliphatic carbocycles. The smallest absolute Gasteiger partial charge is 0.243 e. The summed E-state index contributed by atoms with van der Waals surface area (Å²) in [6.07, 6.45) is -5.14. The lowest BCUT2D eigenvalue weighted by atomic mass is 10.0. The standard InChI is InChI=1S/C25H40N4O8S/c1-13(2)17(12-38-25-22(34)21(33)20(32)18(11-30)37-25)29-24(36)16(9-15-7-5-4-6-8-15)28-19(31)10-27-23(35)14(3)26/h4-8,13-14,16-18,20-22,25,30,32-34H,9-12,26H2,1-3H3,(H,27,35)(H,28,31)(H,29,36)/t14-,16-,17+,18+,20+,21-,22-,25+/m0/s1. The van der Waals surface area contributed by atoms with Crippen molar-refractivity contribution in [1.82, 2.24) is 16.0 Å². The number of aliphatic hydroxyl groups excluding tert-OH is 4. The van der Waals surface area contributed by atoms with Crippen molar-refractivity contribution in [3.05, 3.63) is 35.9 Å². The van der Waals surface area contributed by atoms with Crippen molar-refractivity contribution < 1.29 is 39.5 Å². The molecule has 1 aromatic carbocycles. The molecular formula is C25H40N4O8S. The van der Waals surface area contributed by atoms with Crippen LogP contribution in [0.3, 0.4) is 0 Å². The molecule has 13 heteroatoms. The molecule has 0 aromatic heterocycles. The highest BCUT2D eigenvalue weighted by Gasteiger charge is 2.43. The van der Waals surface area contributed by atoms with Crippen LogP contribution in [0.15, 0.2) is 30.3 Å². The van der Waals surface area contributed by atoms with Crippen LogP contribution in [0.2, 0.25) is 0 Å². The molecule has 0 radical (unpaired) electrons. The zero-order valence-electron chi connectivity index (χ0n) is 21.8. The van der Waals surface area contributed by atoms with E-state index >= 15 is 0 Å². The highest BCUT2D eigenvalue weighted by molar-refractivity contribution is 7.99. The number of benzene rings is 1. The maximum absolute atomic E-state index is 13.3. The fourth-order valence-electron chi connectivity index (χ4n) is 3.72. The van der Waals surface area contributed by atoms with Crippen LogP contribution in [-0.2, 0) is 25.5 Å². The molecule has 214 valence electrons. The number of hydrogen-bond acceptors (Lipinski definition) is 10. The lowest BCUT2D eigenvalue weighted by Crippen LogP contribution is -2.58. The highest BCUT2D eigenvalue weighted by atomic mass is 32.2. The minimum absolute atomic E-state index is 0.0465. The van der Waals surface area contributed by atoms with Gasteiger partial charge in [-0.25, -0.2) is 0 Å². The molecule has 9 N–H and O–H groups in total. The molecule has 12 nitrogen and oxygen atoms in total. The summed E-state index contributed by atoms with van der Waals surface area (Å²) in [5.41, 5.74) is 5.39. The number of aliphatic hydroxyl groups is 4. The fourth-order valence-corrected chi connectivity index (χ4v) is 5.17. The van der Waals surface area contributed by atoms with E-state index in [0.29, 0.717) is 0 Å². The van der Waals surface area contributed by atoms with Gasteiger partial charge >= 0.3 is 0 Å². The summed E-state index contributed by atoms with van der Waals surface area (Å²) in [6, 6.07) is 7.03. The predicted molar refractivity (Wildman–Crippen MR) is 142 cm³/mol. The van der Waals surface area contributed by atoms with Gasteiger partial charge in [0, 0.05) is 18.2 Å². The summed E-state index contributed by atoms with van der Waals surface area (Å²) in [5, 5.41) is 47.8. The van der Waals surface area contributed by atoms with E-state index < -0.39 is 72.3 Å². The van der Waals surface area contributed by atoms with Crippen molar-refractivity contribution in [3.63, 3.8) is 0 Å². The monoisotopic (exact) mass is 556 g/mol. The normalized spacial score (nSPS) is 25.8. The van der Waals surface area contributed by atoms with Gasteiger partial charge < -0.3 is 46.8 Å². The second kappa shape index (κ2) is 15.4. The first-order valence-electron chi connectivity index (χ1n) is 12.5. The van der Waals surface area contributed by atoms with E-state index in [4.69, 9.17) is 10.5 Å². The predicted octanol–water partition coefficient (Wildman–Crippen LogP) is -2.15. The molecule has 1 saturated heterocycles. The molecule has 1 aliphatic heterocycles. The van der Waals surface area contributed by atoms with Crippen LogP contribution in [0.5, 0.6) is 0 Å². The second-order valence-corrected chi connectivity index (χ2v) is 10.8. The molecule has 1 fully saturated rings. The van der Waals surface area contributed by atoms with Gasteiger partial charge in [-0.15, -0.1) is 11.8 Å². The lowest BCUT2D eigenvalue weighted by Gasteiger charge is -2.40. The maximum atomic E-state index is 13.3. The van der Waals surface area contributed by atoms with Crippen molar-refractivity contribution in [2.45, 2.75) is 75.2 Å². The molecule has 0 unspecified atom stereocenters. The molecule has 0 bridgehead atoms. The zero-order valence-corrected chi connectivity index (χ0v) is 22.6. The molecule has 2 rings (SSSR count). The van der Waals surface area contributed by atoms with Crippen molar-refractivity contribution in [2.24, 2.45) is 11.7 Å². The molecule has 3 amide bonds. The minimum atomic E-state index is -1.49. The third kappa shape index (κ3) is 9.49. The van der Waals surface area contributed by atoms with Gasteiger partial charge in [0.05, 0.1) is 19.2 Å². The Bertz CT molecular complexity index is 905. The Morgan fingerprint density at radius 1 is 1.00 bits per heavy atom. The van der Waals surface area contributed by atoms with Crippen molar-refractivity contribution in [1.29, 1.82) is 0 Å². The molecule has 0 spiro atoms. The zero-order chi connectivity index (χ0) is 28.4. The Morgan fingerprint density at radius 2 is 1.66 bits per heavy atom.